The molecule has 1 atom stereocenters. The topological polar surface area (TPSA) is 110 Å². The molecule has 146 valence electrons. The Morgan fingerprint density at radius 1 is 1.36 bits per heavy atom. The Bertz CT molecular complexity index is 979. The molecule has 3 rings (SSSR count). The zero-order valence-corrected chi connectivity index (χ0v) is 16.5. The van der Waals surface area contributed by atoms with Gasteiger partial charge in [0.05, 0.1) is 5.69 Å². The lowest BCUT2D eigenvalue weighted by atomic mass is 9.98. The van der Waals surface area contributed by atoms with Crippen LogP contribution in [0.4, 0.5) is 5.13 Å². The van der Waals surface area contributed by atoms with Gasteiger partial charge in [0, 0.05) is 17.1 Å². The number of anilines is 1. The summed E-state index contributed by atoms with van der Waals surface area (Å²) in [6.07, 6.45) is 2.64. The fourth-order valence-electron chi connectivity index (χ4n) is 2.69. The number of benzene rings is 1. The summed E-state index contributed by atoms with van der Waals surface area (Å²) in [5.41, 5.74) is 8.01. The summed E-state index contributed by atoms with van der Waals surface area (Å²) in [4.78, 5) is 30.6. The van der Waals surface area contributed by atoms with Crippen molar-refractivity contribution < 1.29 is 14.3 Å². The predicted molar refractivity (Wildman–Crippen MR) is 110 cm³/mol. The van der Waals surface area contributed by atoms with E-state index in [1.54, 1.807) is 17.6 Å². The Morgan fingerprint density at radius 2 is 2.14 bits per heavy atom. The monoisotopic (exact) mass is 398 g/mol. The number of hydrogen-bond acceptors (Lipinski definition) is 5. The van der Waals surface area contributed by atoms with Crippen LogP contribution in [-0.2, 0) is 4.79 Å². The Balaban J connectivity index is 1.60. The molecule has 0 aliphatic carbocycles. The average molecular weight is 398 g/mol. The van der Waals surface area contributed by atoms with Gasteiger partial charge in [-0.2, -0.15) is 0 Å². The van der Waals surface area contributed by atoms with Crippen molar-refractivity contribution in [3.8, 4) is 17.0 Å². The fourth-order valence-corrected chi connectivity index (χ4v) is 3.42. The molecule has 0 spiro atoms. The Kier molecular flexibility index (Phi) is 6.10. The van der Waals surface area contributed by atoms with Crippen LogP contribution in [-0.4, -0.2) is 28.4 Å². The maximum absolute atomic E-state index is 12.2. The third-order valence-electron chi connectivity index (χ3n) is 4.42. The van der Waals surface area contributed by atoms with Crippen LogP contribution in [0.5, 0.6) is 5.75 Å². The molecule has 7 nitrogen and oxygen atoms in total. The molecule has 8 heteroatoms. The standard InChI is InChI=1S/C20H22N4O3S/c1-3-12(2)14-6-4-5-7-17(14)27-10-18(25)24-20-23-16(11-28-20)13-8-15(19(21)26)22-9-13/h4-9,11-12,22H,3,10H2,1-2H3,(H2,21,26)(H,23,24,25)/t12-/m0/s1. The van der Waals surface area contributed by atoms with E-state index in [2.05, 4.69) is 29.1 Å². The quantitative estimate of drug-likeness (QED) is 0.536. The minimum atomic E-state index is -0.537. The maximum Gasteiger partial charge on any atom is 0.265 e. The fraction of sp³-hybridized carbons (Fsp3) is 0.250. The summed E-state index contributed by atoms with van der Waals surface area (Å²) in [6.45, 7) is 4.15. The van der Waals surface area contributed by atoms with Crippen LogP contribution in [0.2, 0.25) is 0 Å². The molecule has 2 heterocycles. The summed E-state index contributed by atoms with van der Waals surface area (Å²) in [6, 6.07) is 9.38. The van der Waals surface area contributed by atoms with Crippen molar-refractivity contribution in [3.05, 3.63) is 53.2 Å². The minimum absolute atomic E-state index is 0.0989. The van der Waals surface area contributed by atoms with Crippen molar-refractivity contribution >= 4 is 28.3 Å². The number of aromatic amines is 1. The molecule has 0 fully saturated rings. The van der Waals surface area contributed by atoms with Gasteiger partial charge >= 0.3 is 0 Å². The molecule has 1 aromatic carbocycles. The van der Waals surface area contributed by atoms with Gasteiger partial charge in [0.15, 0.2) is 11.7 Å². The zero-order chi connectivity index (χ0) is 20.1. The minimum Gasteiger partial charge on any atom is -0.483 e. The SMILES string of the molecule is CC[C@H](C)c1ccccc1OCC(=O)Nc1nc(-c2c[nH]c(C(N)=O)c2)cs1. The van der Waals surface area contributed by atoms with E-state index in [1.807, 2.05) is 24.3 Å². The first-order chi connectivity index (χ1) is 13.5. The number of para-hydroxylation sites is 1. The summed E-state index contributed by atoms with van der Waals surface area (Å²) in [5, 5.41) is 4.99. The van der Waals surface area contributed by atoms with Gasteiger partial charge in [-0.25, -0.2) is 4.98 Å². The second-order valence-electron chi connectivity index (χ2n) is 6.39. The number of nitrogens with zero attached hydrogens (tertiary/aromatic N) is 1. The predicted octanol–water partition coefficient (Wildman–Crippen LogP) is 3.77. The lowest BCUT2D eigenvalue weighted by Crippen LogP contribution is -2.20. The molecule has 0 bridgehead atoms. The molecule has 0 saturated heterocycles. The van der Waals surface area contributed by atoms with Crippen LogP contribution >= 0.6 is 11.3 Å². The summed E-state index contributed by atoms with van der Waals surface area (Å²) in [7, 11) is 0. The van der Waals surface area contributed by atoms with E-state index in [0.717, 1.165) is 23.3 Å². The van der Waals surface area contributed by atoms with Gasteiger partial charge in [0.25, 0.3) is 11.8 Å². The highest BCUT2D eigenvalue weighted by atomic mass is 32.1. The molecule has 2 amide bonds. The first-order valence-electron chi connectivity index (χ1n) is 8.93. The number of hydrogen-bond donors (Lipinski definition) is 3. The first-order valence-corrected chi connectivity index (χ1v) is 9.81. The molecule has 2 aromatic heterocycles. The van der Waals surface area contributed by atoms with Gasteiger partial charge in [-0.05, 0) is 30.0 Å². The van der Waals surface area contributed by atoms with Crippen LogP contribution in [0.25, 0.3) is 11.3 Å². The van der Waals surface area contributed by atoms with E-state index in [0.29, 0.717) is 22.4 Å². The molecular formula is C20H22N4O3S. The molecule has 0 aliphatic rings. The largest absolute Gasteiger partial charge is 0.483 e. The second kappa shape index (κ2) is 8.71. The maximum atomic E-state index is 12.2. The van der Waals surface area contributed by atoms with Crippen LogP contribution in [0.1, 0.15) is 42.2 Å². The third kappa shape index (κ3) is 4.58. The van der Waals surface area contributed by atoms with Crippen LogP contribution in [0.3, 0.4) is 0 Å². The van der Waals surface area contributed by atoms with Crippen molar-refractivity contribution in [2.75, 3.05) is 11.9 Å². The first kappa shape index (κ1) is 19.6. The zero-order valence-electron chi connectivity index (χ0n) is 15.7. The number of aromatic nitrogens is 2. The number of primary amides is 1. The summed E-state index contributed by atoms with van der Waals surface area (Å²) >= 11 is 1.30. The van der Waals surface area contributed by atoms with Crippen molar-refractivity contribution in [2.24, 2.45) is 5.73 Å². The number of nitrogens with two attached hydrogens (primary N) is 1. The number of nitrogens with one attached hydrogen (secondary N) is 2. The molecule has 0 aliphatic heterocycles. The highest BCUT2D eigenvalue weighted by Crippen LogP contribution is 2.29. The number of amides is 2. The van der Waals surface area contributed by atoms with Gasteiger partial charge in [0.2, 0.25) is 0 Å². The van der Waals surface area contributed by atoms with E-state index in [4.69, 9.17) is 10.5 Å². The van der Waals surface area contributed by atoms with Gasteiger partial charge in [-0.3, -0.25) is 14.9 Å². The lowest BCUT2D eigenvalue weighted by molar-refractivity contribution is -0.118. The highest BCUT2D eigenvalue weighted by Gasteiger charge is 2.13. The average Bonchev–Trinajstić information content (AvgIpc) is 3.35. The molecule has 0 unspecified atom stereocenters. The number of H-pyrrole nitrogens is 1. The second-order valence-corrected chi connectivity index (χ2v) is 7.25. The molecule has 0 radical (unpaired) electrons. The Labute approximate surface area is 166 Å². The smallest absolute Gasteiger partial charge is 0.265 e. The van der Waals surface area contributed by atoms with Gasteiger partial charge in [0.1, 0.15) is 11.4 Å². The molecule has 4 N–H and O–H groups in total. The third-order valence-corrected chi connectivity index (χ3v) is 5.17. The Morgan fingerprint density at radius 3 is 2.86 bits per heavy atom. The number of rotatable bonds is 8. The van der Waals surface area contributed by atoms with Crippen LogP contribution in [0.15, 0.2) is 41.9 Å². The lowest BCUT2D eigenvalue weighted by Gasteiger charge is -2.15. The van der Waals surface area contributed by atoms with E-state index in [9.17, 15) is 9.59 Å². The van der Waals surface area contributed by atoms with Crippen LogP contribution in [0, 0.1) is 0 Å². The summed E-state index contributed by atoms with van der Waals surface area (Å²) in [5.74, 6) is 0.252. The van der Waals surface area contributed by atoms with E-state index >= 15 is 0 Å². The van der Waals surface area contributed by atoms with Crippen molar-refractivity contribution in [3.63, 3.8) is 0 Å². The van der Waals surface area contributed by atoms with Gasteiger partial charge in [-0.15, -0.1) is 11.3 Å². The molecule has 3 aromatic rings. The van der Waals surface area contributed by atoms with E-state index in [-0.39, 0.29) is 12.5 Å². The summed E-state index contributed by atoms with van der Waals surface area (Å²) < 4.78 is 5.72. The van der Waals surface area contributed by atoms with Crippen molar-refractivity contribution in [1.29, 1.82) is 0 Å². The van der Waals surface area contributed by atoms with E-state index in [1.165, 1.54) is 11.3 Å². The van der Waals surface area contributed by atoms with Crippen LogP contribution < -0.4 is 15.8 Å². The molecular weight excluding hydrogens is 376 g/mol. The van der Waals surface area contributed by atoms with Crippen molar-refractivity contribution in [2.45, 2.75) is 26.2 Å². The highest BCUT2D eigenvalue weighted by molar-refractivity contribution is 7.14. The molecule has 28 heavy (non-hydrogen) atoms. The van der Waals surface area contributed by atoms with Gasteiger partial charge < -0.3 is 15.5 Å². The number of thiazole rings is 1. The molecule has 0 saturated carbocycles. The Hall–Kier alpha value is -3.13. The number of carbonyl (C=O) groups excluding carboxylic acids is 2. The normalized spacial score (nSPS) is 11.8. The van der Waals surface area contributed by atoms with E-state index < -0.39 is 5.91 Å². The number of ether oxygens (including phenoxy) is 1. The number of carbonyl (C=O) groups is 2. The van der Waals surface area contributed by atoms with Gasteiger partial charge in [-0.1, -0.05) is 32.0 Å². The van der Waals surface area contributed by atoms with Crippen molar-refractivity contribution in [1.82, 2.24) is 9.97 Å².